The van der Waals surface area contributed by atoms with Gasteiger partial charge in [-0.25, -0.2) is 8.42 Å². The van der Waals surface area contributed by atoms with Crippen LogP contribution in [-0.4, -0.2) is 30.2 Å². The lowest BCUT2D eigenvalue weighted by molar-refractivity contribution is 0.459. The van der Waals surface area contributed by atoms with E-state index in [1.807, 2.05) is 0 Å². The lowest BCUT2D eigenvalue weighted by Gasteiger charge is -2.05. The molecule has 0 aromatic heterocycles. The largest absolute Gasteiger partial charge is 0.748 e. The predicted molar refractivity (Wildman–Crippen MR) is 99.0 cm³/mol. The molecule has 0 amide bonds. The molecule has 132 valence electrons. The highest BCUT2D eigenvalue weighted by Gasteiger charge is 2.25. The van der Waals surface area contributed by atoms with Crippen molar-refractivity contribution < 1.29 is 13.0 Å². The zero-order valence-corrected chi connectivity index (χ0v) is 15.8. The Morgan fingerprint density at radius 1 is 0.957 bits per heavy atom. The van der Waals surface area contributed by atoms with Crippen molar-refractivity contribution in [1.82, 2.24) is 0 Å². The fourth-order valence-corrected chi connectivity index (χ4v) is 5.44. The van der Waals surface area contributed by atoms with Crippen LogP contribution in [0.15, 0.2) is 35.2 Å². The van der Waals surface area contributed by atoms with E-state index < -0.39 is 10.1 Å². The normalized spacial score (nSPS) is 15.2. The molecule has 0 N–H and O–H groups in total. The van der Waals surface area contributed by atoms with E-state index in [-0.39, 0.29) is 5.75 Å². The molecule has 0 aliphatic carbocycles. The van der Waals surface area contributed by atoms with Gasteiger partial charge in [0.15, 0.2) is 4.90 Å². The van der Waals surface area contributed by atoms with Gasteiger partial charge in [-0.2, -0.15) is 0 Å². The Hall–Kier alpha value is -0.520. The first kappa shape index (κ1) is 20.5. The van der Waals surface area contributed by atoms with Crippen molar-refractivity contribution in [3.63, 3.8) is 0 Å². The molecule has 0 atom stereocenters. The van der Waals surface area contributed by atoms with Crippen LogP contribution < -0.4 is 0 Å². The maximum absolute atomic E-state index is 10.2. The third-order valence-electron chi connectivity index (χ3n) is 3.86. The summed E-state index contributed by atoms with van der Waals surface area (Å²) in [6.07, 6.45) is 8.84. The fraction of sp³-hybridized carbons (Fsp3) is 0.667. The minimum Gasteiger partial charge on any atom is -0.748 e. The van der Waals surface area contributed by atoms with Gasteiger partial charge in [0.05, 0.1) is 10.1 Å². The van der Waals surface area contributed by atoms with Crippen molar-refractivity contribution in [3.05, 3.63) is 30.3 Å². The molecule has 1 aliphatic rings. The van der Waals surface area contributed by atoms with Gasteiger partial charge in [0.1, 0.15) is 11.5 Å². The van der Waals surface area contributed by atoms with E-state index in [9.17, 15) is 13.0 Å². The molecule has 0 spiro atoms. The first-order valence-corrected chi connectivity index (χ1v) is 11.8. The second-order valence-electron chi connectivity index (χ2n) is 5.95. The molecular formula is C18H30O3S2. The first-order valence-electron chi connectivity index (χ1n) is 8.69. The predicted octanol–water partition coefficient (Wildman–Crippen LogP) is 4.35. The van der Waals surface area contributed by atoms with Crippen LogP contribution in [0.2, 0.25) is 0 Å². The van der Waals surface area contributed by atoms with Crippen LogP contribution in [0.4, 0.5) is 0 Å². The molecule has 3 nitrogen and oxygen atoms in total. The van der Waals surface area contributed by atoms with Crippen LogP contribution in [0.1, 0.15) is 58.3 Å². The summed E-state index contributed by atoms with van der Waals surface area (Å²) in [4.78, 5) is 1.57. The summed E-state index contributed by atoms with van der Waals surface area (Å²) in [5.41, 5.74) is 0. The van der Waals surface area contributed by atoms with Crippen LogP contribution in [0.25, 0.3) is 0 Å². The summed E-state index contributed by atoms with van der Waals surface area (Å²) in [7, 11) is -3.36. The van der Waals surface area contributed by atoms with E-state index in [1.165, 1.54) is 37.2 Å². The molecule has 1 fully saturated rings. The maximum atomic E-state index is 10.2. The monoisotopic (exact) mass is 358 g/mol. The highest BCUT2D eigenvalue weighted by Crippen LogP contribution is 2.22. The summed E-state index contributed by atoms with van der Waals surface area (Å²) in [6.45, 7) is 2.13. The van der Waals surface area contributed by atoms with Crippen molar-refractivity contribution in [2.24, 2.45) is 0 Å². The molecule has 1 aromatic rings. The van der Waals surface area contributed by atoms with Gasteiger partial charge >= 0.3 is 0 Å². The second-order valence-corrected chi connectivity index (χ2v) is 9.75. The van der Waals surface area contributed by atoms with Gasteiger partial charge in [-0.15, -0.1) is 0 Å². The lowest BCUT2D eigenvalue weighted by atomic mass is 10.1. The fourth-order valence-electron chi connectivity index (χ4n) is 2.56. The molecule has 0 radical (unpaired) electrons. The summed E-state index contributed by atoms with van der Waals surface area (Å²) in [5.74, 6) is 2.67. The van der Waals surface area contributed by atoms with Gasteiger partial charge in [0.2, 0.25) is 0 Å². The Morgan fingerprint density at radius 2 is 1.52 bits per heavy atom. The number of hydrogen-bond donors (Lipinski definition) is 0. The van der Waals surface area contributed by atoms with Crippen molar-refractivity contribution >= 4 is 21.0 Å². The molecule has 0 saturated carbocycles. The van der Waals surface area contributed by atoms with E-state index in [4.69, 9.17) is 0 Å². The third kappa shape index (κ3) is 10.8. The van der Waals surface area contributed by atoms with E-state index in [0.717, 1.165) is 19.3 Å². The first-order chi connectivity index (χ1) is 11.0. The Kier molecular flexibility index (Phi) is 10.6. The average molecular weight is 359 g/mol. The van der Waals surface area contributed by atoms with Crippen LogP contribution in [0.5, 0.6) is 0 Å². The molecular weight excluding hydrogens is 328 g/mol. The standard InChI is InChI=1S/C10H13S.C8H18O3S/c1-2-6-10(7-3-1)11-8-4-5-9-11;1-2-3-4-5-6-7-8-12(9,10)11/h1-3,6-7H,4-5,8-9H2;2-8H2,1H3,(H,9,10,11)/q+1;/p-1. The van der Waals surface area contributed by atoms with Gasteiger partial charge in [-0.05, 0) is 31.4 Å². The van der Waals surface area contributed by atoms with E-state index in [2.05, 4.69) is 37.3 Å². The van der Waals surface area contributed by atoms with E-state index >= 15 is 0 Å². The molecule has 1 aliphatic heterocycles. The van der Waals surface area contributed by atoms with Crippen LogP contribution >= 0.6 is 0 Å². The Balaban J connectivity index is 0.000000230. The maximum Gasteiger partial charge on any atom is 0.154 e. The van der Waals surface area contributed by atoms with E-state index in [0.29, 0.717) is 17.3 Å². The summed E-state index contributed by atoms with van der Waals surface area (Å²) < 4.78 is 30.5. The molecule has 5 heteroatoms. The highest BCUT2D eigenvalue weighted by molar-refractivity contribution is 7.97. The van der Waals surface area contributed by atoms with Crippen molar-refractivity contribution in [3.8, 4) is 0 Å². The minimum absolute atomic E-state index is 0.195. The third-order valence-corrected chi connectivity index (χ3v) is 7.15. The molecule has 1 aromatic carbocycles. The second kappa shape index (κ2) is 11.9. The zero-order valence-electron chi connectivity index (χ0n) is 14.2. The summed E-state index contributed by atoms with van der Waals surface area (Å²) in [6, 6.07) is 11.0. The quantitative estimate of drug-likeness (QED) is 0.394. The Labute approximate surface area is 145 Å². The van der Waals surface area contributed by atoms with Crippen molar-refractivity contribution in [2.75, 3.05) is 17.3 Å². The van der Waals surface area contributed by atoms with Crippen molar-refractivity contribution in [1.29, 1.82) is 0 Å². The summed E-state index contributed by atoms with van der Waals surface area (Å²) in [5, 5.41) is 0. The topological polar surface area (TPSA) is 57.2 Å². The number of unbranched alkanes of at least 4 members (excludes halogenated alkanes) is 5. The summed E-state index contributed by atoms with van der Waals surface area (Å²) >= 11 is 0. The molecule has 0 bridgehead atoms. The lowest BCUT2D eigenvalue weighted by Crippen LogP contribution is -2.03. The van der Waals surface area contributed by atoms with Crippen LogP contribution in [0, 0.1) is 0 Å². The highest BCUT2D eigenvalue weighted by atomic mass is 32.2. The smallest absolute Gasteiger partial charge is 0.154 e. The number of hydrogen-bond acceptors (Lipinski definition) is 3. The van der Waals surface area contributed by atoms with E-state index in [1.54, 1.807) is 4.90 Å². The van der Waals surface area contributed by atoms with Gasteiger partial charge in [0, 0.05) is 16.6 Å². The molecule has 0 unspecified atom stereocenters. The van der Waals surface area contributed by atoms with Gasteiger partial charge in [-0.3, -0.25) is 0 Å². The average Bonchev–Trinajstić information content (AvgIpc) is 3.06. The van der Waals surface area contributed by atoms with Gasteiger partial charge < -0.3 is 4.55 Å². The van der Waals surface area contributed by atoms with Crippen LogP contribution in [0.3, 0.4) is 0 Å². The zero-order chi connectivity index (χ0) is 17.0. The molecule has 23 heavy (non-hydrogen) atoms. The SMILES string of the molecule is CCCCCCCCS(=O)(=O)[O-].c1ccc([S+]2CCCC2)cc1. The Morgan fingerprint density at radius 3 is 2.09 bits per heavy atom. The molecule has 1 saturated heterocycles. The Bertz CT molecular complexity index is 494. The molecule has 2 rings (SSSR count). The van der Waals surface area contributed by atoms with Gasteiger partial charge in [0.25, 0.3) is 0 Å². The molecule has 1 heterocycles. The van der Waals surface area contributed by atoms with Gasteiger partial charge in [-0.1, -0.05) is 57.2 Å². The van der Waals surface area contributed by atoms with Crippen LogP contribution in [-0.2, 0) is 21.0 Å². The minimum atomic E-state index is -3.97. The van der Waals surface area contributed by atoms with Crippen molar-refractivity contribution in [2.45, 2.75) is 63.2 Å². The number of benzene rings is 1. The number of rotatable bonds is 8.